The third-order valence-electron chi connectivity index (χ3n) is 7.31. The fourth-order valence-electron chi connectivity index (χ4n) is 5.04. The fraction of sp³-hybridized carbons (Fsp3) is 0.206. The van der Waals surface area contributed by atoms with Crippen LogP contribution in [0.3, 0.4) is 0 Å². The van der Waals surface area contributed by atoms with Crippen LogP contribution in [0.4, 0.5) is 0 Å². The van der Waals surface area contributed by atoms with Gasteiger partial charge in [0.25, 0.3) is 5.56 Å². The number of methoxy groups -OCH3 is 1. The molecule has 0 atom stereocenters. The highest BCUT2D eigenvalue weighted by atomic mass is 35.5. The van der Waals surface area contributed by atoms with Gasteiger partial charge < -0.3 is 18.9 Å². The summed E-state index contributed by atoms with van der Waals surface area (Å²) >= 11 is 6.37. The summed E-state index contributed by atoms with van der Waals surface area (Å²) in [4.78, 5) is 18.8. The lowest BCUT2D eigenvalue weighted by atomic mass is 9.96. The van der Waals surface area contributed by atoms with Gasteiger partial charge >= 0.3 is 0 Å². The molecule has 43 heavy (non-hydrogen) atoms. The second-order valence-electron chi connectivity index (χ2n) is 10.5. The van der Waals surface area contributed by atoms with E-state index in [9.17, 15) is 4.79 Å². The normalized spacial score (nSPS) is 12.4. The fourth-order valence-corrected chi connectivity index (χ4v) is 5.22. The van der Waals surface area contributed by atoms with Crippen LogP contribution in [0.1, 0.15) is 42.0 Å². The number of aryl methyl sites for hydroxylation is 1. The molecule has 5 aromatic rings. The van der Waals surface area contributed by atoms with Crippen molar-refractivity contribution in [1.29, 1.82) is 0 Å². The van der Waals surface area contributed by atoms with Crippen LogP contribution in [0.2, 0.25) is 5.02 Å². The Kier molecular flexibility index (Phi) is 7.78. The van der Waals surface area contributed by atoms with Crippen molar-refractivity contribution >= 4 is 28.7 Å². The number of fused-ring (bicyclic) bond motifs is 2. The molecule has 0 saturated carbocycles. The van der Waals surface area contributed by atoms with E-state index in [4.69, 9.17) is 35.5 Å². The molecule has 8 nitrogen and oxygen atoms in total. The molecule has 9 heteroatoms. The molecule has 1 aliphatic rings. The van der Waals surface area contributed by atoms with Gasteiger partial charge in [0.1, 0.15) is 18.1 Å². The highest BCUT2D eigenvalue weighted by molar-refractivity contribution is 6.30. The second kappa shape index (κ2) is 11.8. The molecule has 0 aliphatic carbocycles. The molecule has 1 aromatic heterocycles. The van der Waals surface area contributed by atoms with Crippen molar-refractivity contribution in [1.82, 2.24) is 9.66 Å². The Labute approximate surface area is 254 Å². The number of para-hydroxylation sites is 1. The Bertz CT molecular complexity index is 1930. The number of nitrogens with zero attached hydrogens (tertiary/aromatic N) is 3. The van der Waals surface area contributed by atoms with E-state index in [1.165, 1.54) is 4.68 Å². The monoisotopic (exact) mass is 595 g/mol. The van der Waals surface area contributed by atoms with Gasteiger partial charge in [-0.2, -0.15) is 9.78 Å². The van der Waals surface area contributed by atoms with E-state index in [2.05, 4.69) is 18.9 Å². The van der Waals surface area contributed by atoms with Crippen molar-refractivity contribution in [2.45, 2.75) is 33.3 Å². The molecular weight excluding hydrogens is 566 g/mol. The topological polar surface area (TPSA) is 84.2 Å². The highest BCUT2D eigenvalue weighted by Crippen LogP contribution is 2.35. The Balaban J connectivity index is 1.43. The first-order valence-corrected chi connectivity index (χ1v) is 14.3. The molecule has 0 spiro atoms. The zero-order valence-corrected chi connectivity index (χ0v) is 25.0. The van der Waals surface area contributed by atoms with Gasteiger partial charge in [0.05, 0.1) is 24.2 Å². The minimum atomic E-state index is -0.289. The Hall–Kier alpha value is -4.82. The highest BCUT2D eigenvalue weighted by Gasteiger charge is 2.19. The van der Waals surface area contributed by atoms with E-state index in [-0.39, 0.29) is 24.9 Å². The summed E-state index contributed by atoms with van der Waals surface area (Å²) in [7, 11) is 1.66. The van der Waals surface area contributed by atoms with Gasteiger partial charge in [0.2, 0.25) is 6.79 Å². The summed E-state index contributed by atoms with van der Waals surface area (Å²) in [5.41, 5.74) is 4.52. The summed E-state index contributed by atoms with van der Waals surface area (Å²) in [6, 6.07) is 22.2. The molecule has 2 heterocycles. The molecular formula is C34H30ClN3O5. The zero-order chi connectivity index (χ0) is 30.1. The van der Waals surface area contributed by atoms with Gasteiger partial charge in [-0.1, -0.05) is 43.6 Å². The average Bonchev–Trinajstić information content (AvgIpc) is 3.48. The molecule has 0 N–H and O–H groups in total. The maximum Gasteiger partial charge on any atom is 0.282 e. The van der Waals surface area contributed by atoms with Gasteiger partial charge in [-0.3, -0.25) is 4.79 Å². The third kappa shape index (κ3) is 5.66. The lowest BCUT2D eigenvalue weighted by molar-refractivity contribution is 0.174. The maximum atomic E-state index is 13.9. The van der Waals surface area contributed by atoms with Crippen LogP contribution in [0.25, 0.3) is 22.3 Å². The largest absolute Gasteiger partial charge is 0.496 e. The Morgan fingerprint density at radius 1 is 1.02 bits per heavy atom. The lowest BCUT2D eigenvalue weighted by Gasteiger charge is -2.17. The number of rotatable bonds is 8. The van der Waals surface area contributed by atoms with E-state index >= 15 is 0 Å². The molecule has 6 rings (SSSR count). The second-order valence-corrected chi connectivity index (χ2v) is 11.0. The van der Waals surface area contributed by atoms with Crippen molar-refractivity contribution in [3.8, 4) is 34.4 Å². The summed E-state index contributed by atoms with van der Waals surface area (Å²) < 4.78 is 24.0. The first-order chi connectivity index (χ1) is 20.8. The van der Waals surface area contributed by atoms with E-state index in [0.717, 1.165) is 28.0 Å². The number of aromatic nitrogens is 2. The number of ether oxygens (including phenoxy) is 4. The van der Waals surface area contributed by atoms with Crippen LogP contribution in [0.5, 0.6) is 23.0 Å². The minimum Gasteiger partial charge on any atom is -0.496 e. The third-order valence-corrected chi connectivity index (χ3v) is 7.54. The van der Waals surface area contributed by atoms with E-state index < -0.39 is 0 Å². The molecule has 0 unspecified atom stereocenters. The zero-order valence-electron chi connectivity index (χ0n) is 24.3. The summed E-state index contributed by atoms with van der Waals surface area (Å²) in [5.74, 6) is 3.35. The van der Waals surface area contributed by atoms with E-state index in [0.29, 0.717) is 44.6 Å². The minimum absolute atomic E-state index is 0.189. The first kappa shape index (κ1) is 28.3. The van der Waals surface area contributed by atoms with Crippen LogP contribution < -0.4 is 24.5 Å². The predicted octanol–water partition coefficient (Wildman–Crippen LogP) is 7.35. The lowest BCUT2D eigenvalue weighted by Crippen LogP contribution is -2.21. The molecule has 0 radical (unpaired) electrons. The molecule has 0 fully saturated rings. The van der Waals surface area contributed by atoms with Crippen LogP contribution in [-0.4, -0.2) is 29.8 Å². The molecule has 218 valence electrons. The first-order valence-electron chi connectivity index (χ1n) is 13.9. The average molecular weight is 596 g/mol. The number of halogens is 1. The van der Waals surface area contributed by atoms with Crippen molar-refractivity contribution in [3.63, 3.8) is 0 Å². The van der Waals surface area contributed by atoms with Gasteiger partial charge in [-0.25, -0.2) is 4.98 Å². The smallest absolute Gasteiger partial charge is 0.282 e. The van der Waals surface area contributed by atoms with Crippen LogP contribution in [0, 0.1) is 6.92 Å². The van der Waals surface area contributed by atoms with E-state index in [1.54, 1.807) is 37.6 Å². The van der Waals surface area contributed by atoms with Crippen molar-refractivity contribution in [2.24, 2.45) is 5.10 Å². The summed E-state index contributed by atoms with van der Waals surface area (Å²) in [5, 5.41) is 5.65. The van der Waals surface area contributed by atoms with Crippen molar-refractivity contribution in [2.75, 3.05) is 13.9 Å². The van der Waals surface area contributed by atoms with Gasteiger partial charge in [-0.15, -0.1) is 0 Å². The SMILES string of the molecule is COc1cc(C)c(-c2nc3ccccc3c(=O)n2N=Cc2cc(Cl)ccc2OCc2ccc3c(c2)OCO3)cc1C(C)C. The Morgan fingerprint density at radius 2 is 1.84 bits per heavy atom. The van der Waals surface area contributed by atoms with Crippen LogP contribution >= 0.6 is 11.6 Å². The number of benzene rings is 4. The van der Waals surface area contributed by atoms with E-state index in [1.807, 2.05) is 55.5 Å². The maximum absolute atomic E-state index is 13.9. The van der Waals surface area contributed by atoms with Gasteiger partial charge in [0.15, 0.2) is 17.3 Å². The molecule has 0 amide bonds. The Morgan fingerprint density at radius 3 is 2.65 bits per heavy atom. The predicted molar refractivity (Wildman–Crippen MR) is 168 cm³/mol. The van der Waals surface area contributed by atoms with Gasteiger partial charge in [0, 0.05) is 16.1 Å². The van der Waals surface area contributed by atoms with Crippen molar-refractivity contribution < 1.29 is 18.9 Å². The molecule has 1 aliphatic heterocycles. The van der Waals surface area contributed by atoms with Crippen LogP contribution in [-0.2, 0) is 6.61 Å². The molecule has 0 bridgehead atoms. The standard InChI is InChI=1S/C34H30ClN3O5/c1-20(2)26-16-27(21(3)13-31(26)40-4)33-37-28-8-6-5-7-25(28)34(39)38(33)36-17-23-15-24(35)10-12-29(23)41-18-22-9-11-30-32(14-22)43-19-42-30/h5-17,20H,18-19H2,1-4H3. The van der Waals surface area contributed by atoms with Gasteiger partial charge in [-0.05, 0) is 84.1 Å². The number of hydrogen-bond acceptors (Lipinski definition) is 7. The summed E-state index contributed by atoms with van der Waals surface area (Å²) in [6.45, 7) is 6.65. The quantitative estimate of drug-likeness (QED) is 0.174. The van der Waals surface area contributed by atoms with Crippen molar-refractivity contribution in [3.05, 3.63) is 110 Å². The van der Waals surface area contributed by atoms with Crippen LogP contribution in [0.15, 0.2) is 82.7 Å². The number of hydrogen-bond donors (Lipinski definition) is 0. The molecule has 0 saturated heterocycles. The summed E-state index contributed by atoms with van der Waals surface area (Å²) in [6.07, 6.45) is 1.57. The molecule has 4 aromatic carbocycles.